The number of piperidine rings is 1. The highest BCUT2D eigenvalue weighted by atomic mass is 35.5. The minimum Gasteiger partial charge on any atom is -0.369 e. The maximum absolute atomic E-state index is 12.6. The molecule has 2 N–H and O–H groups in total. The van der Waals surface area contributed by atoms with E-state index in [4.69, 9.17) is 28.9 Å². The van der Waals surface area contributed by atoms with E-state index in [9.17, 15) is 9.59 Å². The summed E-state index contributed by atoms with van der Waals surface area (Å²) >= 11 is 12.0. The van der Waals surface area contributed by atoms with Crippen LogP contribution >= 0.6 is 23.2 Å². The number of amides is 2. The van der Waals surface area contributed by atoms with Crippen LogP contribution in [-0.2, 0) is 9.59 Å². The molecule has 1 aliphatic heterocycles. The summed E-state index contributed by atoms with van der Waals surface area (Å²) in [6.07, 6.45) is 2.44. The van der Waals surface area contributed by atoms with Gasteiger partial charge in [-0.15, -0.1) is 0 Å². The normalized spacial score (nSPS) is 27.5. The van der Waals surface area contributed by atoms with E-state index >= 15 is 0 Å². The van der Waals surface area contributed by atoms with Crippen molar-refractivity contribution in [2.75, 3.05) is 13.1 Å². The zero-order valence-corrected chi connectivity index (χ0v) is 13.6. The number of nitrogens with zero attached hydrogens (tertiary/aromatic N) is 1. The Labute approximate surface area is 139 Å². The molecule has 1 aliphatic carbocycles. The summed E-state index contributed by atoms with van der Waals surface area (Å²) in [5, 5.41) is 1.04. The Morgan fingerprint density at radius 1 is 1.23 bits per heavy atom. The smallest absolute Gasteiger partial charge is 0.226 e. The number of rotatable bonds is 3. The van der Waals surface area contributed by atoms with E-state index in [1.54, 1.807) is 11.0 Å². The molecular formula is C16H18Cl2N2O2. The molecule has 6 heteroatoms. The van der Waals surface area contributed by atoms with Crippen LogP contribution in [0.5, 0.6) is 0 Å². The molecule has 0 spiro atoms. The van der Waals surface area contributed by atoms with E-state index in [2.05, 4.69) is 0 Å². The maximum Gasteiger partial charge on any atom is 0.226 e. The number of benzene rings is 1. The fourth-order valence-corrected chi connectivity index (χ4v) is 3.53. The molecule has 0 unspecified atom stereocenters. The topological polar surface area (TPSA) is 63.4 Å². The molecule has 3 atom stereocenters. The molecule has 0 aromatic heterocycles. The number of carbonyl (C=O) groups excluding carboxylic acids is 2. The van der Waals surface area contributed by atoms with Crippen molar-refractivity contribution in [3.63, 3.8) is 0 Å². The third-order valence-corrected chi connectivity index (χ3v) is 5.35. The van der Waals surface area contributed by atoms with E-state index in [1.807, 2.05) is 12.1 Å². The summed E-state index contributed by atoms with van der Waals surface area (Å²) in [5.41, 5.74) is 6.42. The zero-order valence-electron chi connectivity index (χ0n) is 12.1. The van der Waals surface area contributed by atoms with Crippen LogP contribution in [0, 0.1) is 11.8 Å². The zero-order chi connectivity index (χ0) is 15.9. The van der Waals surface area contributed by atoms with Gasteiger partial charge in [0, 0.05) is 19.0 Å². The first-order chi connectivity index (χ1) is 10.5. The lowest BCUT2D eigenvalue weighted by molar-refractivity contribution is -0.136. The van der Waals surface area contributed by atoms with Gasteiger partial charge in [0.15, 0.2) is 0 Å². The number of primary amides is 1. The van der Waals surface area contributed by atoms with Gasteiger partial charge in [0.25, 0.3) is 0 Å². The van der Waals surface area contributed by atoms with E-state index < -0.39 is 0 Å². The standard InChI is InChI=1S/C16H18Cl2N2O2/c17-13-4-3-9(6-14(13)18)11-7-12(11)16(22)20-5-1-2-10(8-20)15(19)21/h3-4,6,10-12H,1-2,5,7-8H2,(H2,19,21)/t10-,11+,12+/m1/s1. The average molecular weight is 341 g/mol. The van der Waals surface area contributed by atoms with Gasteiger partial charge in [0.05, 0.1) is 16.0 Å². The molecule has 1 saturated carbocycles. The number of halogens is 2. The van der Waals surface area contributed by atoms with Crippen LogP contribution in [0.3, 0.4) is 0 Å². The highest BCUT2D eigenvalue weighted by molar-refractivity contribution is 6.42. The second kappa shape index (κ2) is 6.09. The lowest BCUT2D eigenvalue weighted by Crippen LogP contribution is -2.44. The molecule has 0 bridgehead atoms. The van der Waals surface area contributed by atoms with Gasteiger partial charge in [-0.2, -0.15) is 0 Å². The number of nitrogens with two attached hydrogens (primary N) is 1. The SMILES string of the molecule is NC(=O)[C@@H]1CCCN(C(=O)[C@H]2C[C@H]2c2ccc(Cl)c(Cl)c2)C1. The fourth-order valence-electron chi connectivity index (χ4n) is 3.22. The van der Waals surface area contributed by atoms with Gasteiger partial charge in [-0.1, -0.05) is 29.3 Å². The highest BCUT2D eigenvalue weighted by Gasteiger charge is 2.46. The van der Waals surface area contributed by atoms with Gasteiger partial charge >= 0.3 is 0 Å². The summed E-state index contributed by atoms with van der Waals surface area (Å²) in [5.74, 6) is -0.198. The molecule has 4 nitrogen and oxygen atoms in total. The number of hydrogen-bond donors (Lipinski definition) is 1. The van der Waals surface area contributed by atoms with Crippen molar-refractivity contribution >= 4 is 35.0 Å². The summed E-state index contributed by atoms with van der Waals surface area (Å²) in [6.45, 7) is 1.17. The first-order valence-corrected chi connectivity index (χ1v) is 8.26. The van der Waals surface area contributed by atoms with E-state index in [0.29, 0.717) is 23.1 Å². The van der Waals surface area contributed by atoms with Crippen LogP contribution in [0.25, 0.3) is 0 Å². The lowest BCUT2D eigenvalue weighted by Gasteiger charge is -2.31. The van der Waals surface area contributed by atoms with Crippen LogP contribution in [0.4, 0.5) is 0 Å². The van der Waals surface area contributed by atoms with Gasteiger partial charge in [-0.05, 0) is 42.9 Å². The van der Waals surface area contributed by atoms with Crippen LogP contribution in [0.2, 0.25) is 10.0 Å². The largest absolute Gasteiger partial charge is 0.369 e. The molecule has 1 saturated heterocycles. The Morgan fingerprint density at radius 3 is 2.68 bits per heavy atom. The molecule has 118 valence electrons. The molecule has 1 aromatic rings. The van der Waals surface area contributed by atoms with Crippen molar-refractivity contribution in [1.82, 2.24) is 4.90 Å². The van der Waals surface area contributed by atoms with Crippen molar-refractivity contribution < 1.29 is 9.59 Å². The fraction of sp³-hybridized carbons (Fsp3) is 0.500. The Hall–Kier alpha value is -1.26. The van der Waals surface area contributed by atoms with Gasteiger partial charge in [-0.3, -0.25) is 9.59 Å². The van der Waals surface area contributed by atoms with Crippen molar-refractivity contribution in [1.29, 1.82) is 0 Å². The van der Waals surface area contributed by atoms with Gasteiger partial charge in [0.2, 0.25) is 11.8 Å². The van der Waals surface area contributed by atoms with Crippen molar-refractivity contribution in [3.05, 3.63) is 33.8 Å². The van der Waals surface area contributed by atoms with Crippen molar-refractivity contribution in [2.45, 2.75) is 25.2 Å². The highest BCUT2D eigenvalue weighted by Crippen LogP contribution is 2.49. The second-order valence-corrected chi connectivity index (χ2v) is 6.96. The maximum atomic E-state index is 12.6. The minimum absolute atomic E-state index is 0.0103. The number of carbonyl (C=O) groups is 2. The summed E-state index contributed by atoms with van der Waals surface area (Å²) in [4.78, 5) is 25.7. The summed E-state index contributed by atoms with van der Waals surface area (Å²) in [7, 11) is 0. The summed E-state index contributed by atoms with van der Waals surface area (Å²) in [6, 6.07) is 5.53. The molecule has 2 aliphatic rings. The molecule has 1 aromatic carbocycles. The first kappa shape index (κ1) is 15.6. The van der Waals surface area contributed by atoms with Crippen LogP contribution in [0.1, 0.15) is 30.7 Å². The molecule has 3 rings (SSSR count). The minimum atomic E-state index is -0.311. The second-order valence-electron chi connectivity index (χ2n) is 6.15. The molecule has 1 heterocycles. The molecule has 22 heavy (non-hydrogen) atoms. The van der Waals surface area contributed by atoms with Crippen LogP contribution in [-0.4, -0.2) is 29.8 Å². The van der Waals surface area contributed by atoms with E-state index in [1.165, 1.54) is 0 Å². The first-order valence-electron chi connectivity index (χ1n) is 7.50. The average Bonchev–Trinajstić information content (AvgIpc) is 3.30. The quantitative estimate of drug-likeness (QED) is 0.919. The van der Waals surface area contributed by atoms with Gasteiger partial charge < -0.3 is 10.6 Å². The molecule has 2 fully saturated rings. The monoisotopic (exact) mass is 340 g/mol. The third-order valence-electron chi connectivity index (χ3n) is 4.61. The Balaban J connectivity index is 1.65. The van der Waals surface area contributed by atoms with Crippen LogP contribution < -0.4 is 5.73 Å². The Kier molecular flexibility index (Phi) is 4.33. The van der Waals surface area contributed by atoms with Crippen molar-refractivity contribution in [3.8, 4) is 0 Å². The molecule has 2 amide bonds. The number of hydrogen-bond acceptors (Lipinski definition) is 2. The van der Waals surface area contributed by atoms with Gasteiger partial charge in [0.1, 0.15) is 0 Å². The van der Waals surface area contributed by atoms with Gasteiger partial charge in [-0.25, -0.2) is 0 Å². The van der Waals surface area contributed by atoms with E-state index in [0.717, 1.165) is 24.8 Å². The Bertz CT molecular complexity index is 620. The predicted octanol–water partition coefficient (Wildman–Crippen LogP) is 2.82. The molecular weight excluding hydrogens is 323 g/mol. The van der Waals surface area contributed by atoms with Crippen LogP contribution in [0.15, 0.2) is 18.2 Å². The van der Waals surface area contributed by atoms with Crippen molar-refractivity contribution in [2.24, 2.45) is 17.6 Å². The third kappa shape index (κ3) is 3.08. The molecule has 0 radical (unpaired) electrons. The number of likely N-dealkylation sites (tertiary alicyclic amines) is 1. The Morgan fingerprint density at radius 2 is 2.00 bits per heavy atom. The predicted molar refractivity (Wildman–Crippen MR) is 85.8 cm³/mol. The summed E-state index contributed by atoms with van der Waals surface area (Å²) < 4.78 is 0. The lowest BCUT2D eigenvalue weighted by atomic mass is 9.97. The van der Waals surface area contributed by atoms with E-state index in [-0.39, 0.29) is 29.6 Å².